The summed E-state index contributed by atoms with van der Waals surface area (Å²) in [6.07, 6.45) is 0.274. The number of nitrogen functional groups attached to an aromatic ring is 1. The Balaban J connectivity index is 2.35. The molecule has 1 aliphatic rings. The van der Waals surface area contributed by atoms with Crippen LogP contribution in [0.1, 0.15) is 19.4 Å². The van der Waals surface area contributed by atoms with Gasteiger partial charge in [0.25, 0.3) is 0 Å². The van der Waals surface area contributed by atoms with Gasteiger partial charge in [-0.1, -0.05) is 0 Å². The summed E-state index contributed by atoms with van der Waals surface area (Å²) in [6, 6.07) is 4.52. The number of hydrogen-bond donors (Lipinski definition) is 1. The van der Waals surface area contributed by atoms with Gasteiger partial charge in [-0.3, -0.25) is 0 Å². The molecule has 0 aliphatic carbocycles. The fourth-order valence-electron chi connectivity index (χ4n) is 2.14. The molecule has 17 heavy (non-hydrogen) atoms. The first-order valence-electron chi connectivity index (χ1n) is 5.93. The Morgan fingerprint density at radius 3 is 2.82 bits per heavy atom. The summed E-state index contributed by atoms with van der Waals surface area (Å²) in [7, 11) is 0. The fraction of sp³-hybridized carbons (Fsp3) is 0.538. The van der Waals surface area contributed by atoms with Crippen molar-refractivity contribution < 1.29 is 4.74 Å². The lowest BCUT2D eigenvalue weighted by Crippen LogP contribution is -2.47. The molecule has 1 aromatic rings. The highest BCUT2D eigenvalue weighted by atomic mass is 79.9. The minimum Gasteiger partial charge on any atom is -0.398 e. The van der Waals surface area contributed by atoms with Gasteiger partial charge >= 0.3 is 0 Å². The van der Waals surface area contributed by atoms with Gasteiger partial charge in [0.15, 0.2) is 0 Å². The lowest BCUT2D eigenvalue weighted by atomic mass is 10.1. The van der Waals surface area contributed by atoms with Gasteiger partial charge in [0.2, 0.25) is 0 Å². The van der Waals surface area contributed by atoms with Gasteiger partial charge in [0.05, 0.1) is 18.4 Å². The molecule has 0 amide bonds. The van der Waals surface area contributed by atoms with E-state index in [9.17, 15) is 0 Å². The summed E-state index contributed by atoms with van der Waals surface area (Å²) in [5.74, 6) is 0. The Hall–Kier alpha value is -0.740. The van der Waals surface area contributed by atoms with Crippen LogP contribution in [0.5, 0.6) is 0 Å². The minimum atomic E-state index is 0.274. The molecule has 2 N–H and O–H groups in total. The predicted molar refractivity (Wildman–Crippen MR) is 75.5 cm³/mol. The maximum atomic E-state index is 5.91. The van der Waals surface area contributed by atoms with E-state index in [-0.39, 0.29) is 6.10 Å². The van der Waals surface area contributed by atoms with E-state index >= 15 is 0 Å². The van der Waals surface area contributed by atoms with Crippen molar-refractivity contribution in [3.63, 3.8) is 0 Å². The normalized spacial score (nSPS) is 25.1. The summed E-state index contributed by atoms with van der Waals surface area (Å²) in [6.45, 7) is 8.03. The number of benzene rings is 1. The molecule has 1 heterocycles. The van der Waals surface area contributed by atoms with Crippen LogP contribution in [0.15, 0.2) is 16.6 Å². The van der Waals surface area contributed by atoms with E-state index in [0.29, 0.717) is 6.04 Å². The van der Waals surface area contributed by atoms with Crippen molar-refractivity contribution in [3.05, 3.63) is 22.2 Å². The monoisotopic (exact) mass is 298 g/mol. The highest BCUT2D eigenvalue weighted by Gasteiger charge is 2.25. The van der Waals surface area contributed by atoms with Gasteiger partial charge in [0, 0.05) is 22.7 Å². The molecule has 0 radical (unpaired) electrons. The summed E-state index contributed by atoms with van der Waals surface area (Å²) in [5, 5.41) is 0. The summed E-state index contributed by atoms with van der Waals surface area (Å²) < 4.78 is 6.71. The van der Waals surface area contributed by atoms with E-state index in [1.807, 2.05) is 13.0 Å². The van der Waals surface area contributed by atoms with Crippen LogP contribution >= 0.6 is 15.9 Å². The maximum absolute atomic E-state index is 5.91. The van der Waals surface area contributed by atoms with Crippen molar-refractivity contribution in [3.8, 4) is 0 Å². The third-order valence-corrected chi connectivity index (χ3v) is 3.89. The molecule has 94 valence electrons. The molecule has 1 aromatic carbocycles. The fourth-order valence-corrected chi connectivity index (χ4v) is 2.73. The van der Waals surface area contributed by atoms with Crippen molar-refractivity contribution in [1.29, 1.82) is 0 Å². The first-order chi connectivity index (χ1) is 7.99. The number of nitrogens with zero attached hydrogens (tertiary/aromatic N) is 1. The second kappa shape index (κ2) is 4.86. The zero-order valence-corrected chi connectivity index (χ0v) is 12.1. The average Bonchev–Trinajstić information content (AvgIpc) is 2.27. The molecule has 0 spiro atoms. The van der Waals surface area contributed by atoms with Crippen molar-refractivity contribution in [2.24, 2.45) is 0 Å². The van der Waals surface area contributed by atoms with Crippen molar-refractivity contribution in [2.75, 3.05) is 23.8 Å². The lowest BCUT2D eigenvalue weighted by molar-refractivity contribution is 0.0343. The van der Waals surface area contributed by atoms with E-state index in [0.717, 1.165) is 28.9 Å². The Kier molecular flexibility index (Phi) is 3.64. The minimum absolute atomic E-state index is 0.274. The molecule has 0 aromatic heterocycles. The molecule has 1 saturated heterocycles. The molecule has 2 atom stereocenters. The number of halogens is 1. The van der Waals surface area contributed by atoms with E-state index in [2.05, 4.69) is 40.7 Å². The standard InChI is InChI=1S/C13H19BrN2O/c1-8-4-13(11(14)5-12(8)15)16-6-10(3)17-7-9(16)2/h4-5,9-10H,6-7,15H2,1-3H3. The molecular weight excluding hydrogens is 280 g/mol. The van der Waals surface area contributed by atoms with E-state index in [4.69, 9.17) is 10.5 Å². The maximum Gasteiger partial charge on any atom is 0.0723 e. The molecule has 3 nitrogen and oxygen atoms in total. The molecule has 2 unspecified atom stereocenters. The molecule has 0 saturated carbocycles. The lowest BCUT2D eigenvalue weighted by Gasteiger charge is -2.39. The second-order valence-electron chi connectivity index (χ2n) is 4.81. The van der Waals surface area contributed by atoms with Crippen LogP contribution < -0.4 is 10.6 Å². The zero-order chi connectivity index (χ0) is 12.6. The Bertz CT molecular complexity index is 422. The molecule has 1 fully saturated rings. The Morgan fingerprint density at radius 2 is 2.12 bits per heavy atom. The third-order valence-electron chi connectivity index (χ3n) is 3.25. The van der Waals surface area contributed by atoms with E-state index in [1.165, 1.54) is 5.69 Å². The summed E-state index contributed by atoms with van der Waals surface area (Å²) in [5.41, 5.74) is 9.06. The number of ether oxygens (including phenoxy) is 1. The molecular formula is C13H19BrN2O. The zero-order valence-electron chi connectivity index (χ0n) is 10.5. The molecule has 4 heteroatoms. The predicted octanol–water partition coefficient (Wildman–Crippen LogP) is 2.95. The van der Waals surface area contributed by atoms with Gasteiger partial charge < -0.3 is 15.4 Å². The Labute approximate surface area is 111 Å². The van der Waals surface area contributed by atoms with Crippen LogP contribution in [0.4, 0.5) is 11.4 Å². The largest absolute Gasteiger partial charge is 0.398 e. The highest BCUT2D eigenvalue weighted by Crippen LogP contribution is 2.33. The molecule has 0 bridgehead atoms. The van der Waals surface area contributed by atoms with Gasteiger partial charge in [-0.25, -0.2) is 0 Å². The SMILES string of the molecule is Cc1cc(N2CC(C)OCC2C)c(Br)cc1N. The highest BCUT2D eigenvalue weighted by molar-refractivity contribution is 9.10. The van der Waals surface area contributed by atoms with E-state index < -0.39 is 0 Å². The third kappa shape index (κ3) is 2.58. The number of rotatable bonds is 1. The number of anilines is 2. The van der Waals surface area contributed by atoms with Crippen molar-refractivity contribution >= 4 is 27.3 Å². The van der Waals surface area contributed by atoms with Crippen LogP contribution in [0.3, 0.4) is 0 Å². The summed E-state index contributed by atoms with van der Waals surface area (Å²) >= 11 is 3.60. The molecule has 2 rings (SSSR count). The first-order valence-corrected chi connectivity index (χ1v) is 6.72. The van der Waals surface area contributed by atoms with Crippen molar-refractivity contribution in [1.82, 2.24) is 0 Å². The van der Waals surface area contributed by atoms with Crippen LogP contribution in [0.2, 0.25) is 0 Å². The van der Waals surface area contributed by atoms with Gasteiger partial charge in [0.1, 0.15) is 0 Å². The Morgan fingerprint density at radius 1 is 1.41 bits per heavy atom. The van der Waals surface area contributed by atoms with Crippen molar-refractivity contribution in [2.45, 2.75) is 32.9 Å². The van der Waals surface area contributed by atoms with Crippen LogP contribution in [-0.2, 0) is 4.74 Å². The molecule has 1 aliphatic heterocycles. The first kappa shape index (κ1) is 12.7. The number of aryl methyl sites for hydroxylation is 1. The summed E-state index contributed by atoms with van der Waals surface area (Å²) in [4.78, 5) is 2.38. The van der Waals surface area contributed by atoms with E-state index in [1.54, 1.807) is 0 Å². The second-order valence-corrected chi connectivity index (χ2v) is 5.66. The quantitative estimate of drug-likeness (QED) is 0.810. The topological polar surface area (TPSA) is 38.5 Å². The van der Waals surface area contributed by atoms with Crippen LogP contribution in [0.25, 0.3) is 0 Å². The van der Waals surface area contributed by atoms with Gasteiger partial charge in [-0.05, 0) is 54.4 Å². The van der Waals surface area contributed by atoms with Crippen LogP contribution in [0, 0.1) is 6.92 Å². The van der Waals surface area contributed by atoms with Gasteiger partial charge in [-0.2, -0.15) is 0 Å². The number of hydrogen-bond acceptors (Lipinski definition) is 3. The average molecular weight is 299 g/mol. The number of morpholine rings is 1. The van der Waals surface area contributed by atoms with Crippen LogP contribution in [-0.4, -0.2) is 25.3 Å². The van der Waals surface area contributed by atoms with Gasteiger partial charge in [-0.15, -0.1) is 0 Å². The smallest absolute Gasteiger partial charge is 0.0723 e. The number of nitrogens with two attached hydrogens (primary N) is 1.